The maximum absolute atomic E-state index is 12.9. The van der Waals surface area contributed by atoms with Gasteiger partial charge in [0.25, 0.3) is 0 Å². The van der Waals surface area contributed by atoms with Gasteiger partial charge in [0.1, 0.15) is 5.82 Å². The highest BCUT2D eigenvalue weighted by Gasteiger charge is 2.37. The second-order valence-corrected chi connectivity index (χ2v) is 6.36. The number of nitrogens with zero attached hydrogens (tertiary/aromatic N) is 1. The third-order valence-electron chi connectivity index (χ3n) is 5.01. The van der Waals surface area contributed by atoms with Crippen LogP contribution in [-0.2, 0) is 9.47 Å². The van der Waals surface area contributed by atoms with Gasteiger partial charge in [0.2, 0.25) is 0 Å². The minimum Gasteiger partial charge on any atom is -0.381 e. The third-order valence-corrected chi connectivity index (χ3v) is 5.01. The zero-order valence-corrected chi connectivity index (χ0v) is 13.5. The molecule has 4 nitrogen and oxygen atoms in total. The Morgan fingerprint density at radius 3 is 2.87 bits per heavy atom. The first kappa shape index (κ1) is 16.6. The van der Waals surface area contributed by atoms with E-state index in [-0.39, 0.29) is 23.8 Å². The second-order valence-electron chi connectivity index (χ2n) is 6.36. The molecule has 0 amide bonds. The Labute approximate surface area is 136 Å². The van der Waals surface area contributed by atoms with Crippen LogP contribution in [0.1, 0.15) is 36.0 Å². The quantitative estimate of drug-likeness (QED) is 0.782. The fraction of sp³-hybridized carbons (Fsp3) is 0.611. The van der Waals surface area contributed by atoms with Gasteiger partial charge in [0.05, 0.1) is 18.8 Å². The van der Waals surface area contributed by atoms with Crippen molar-refractivity contribution in [1.82, 2.24) is 4.90 Å². The molecule has 3 atom stereocenters. The van der Waals surface area contributed by atoms with Crippen LogP contribution in [0.4, 0.5) is 4.39 Å². The number of hydrogen-bond donors (Lipinski definition) is 0. The lowest BCUT2D eigenvalue weighted by atomic mass is 9.87. The molecule has 126 valence electrons. The average Bonchev–Trinajstić information content (AvgIpc) is 2.59. The lowest BCUT2D eigenvalue weighted by Crippen LogP contribution is -2.55. The molecule has 2 fully saturated rings. The molecular weight excluding hydrogens is 297 g/mol. The SMILES string of the molecule is CO[C@@H]1CC[C@H]2OCCN(CCC(=O)c3ccc(F)cc3)[C@H]2C1. The van der Waals surface area contributed by atoms with Crippen LogP contribution >= 0.6 is 0 Å². The molecule has 23 heavy (non-hydrogen) atoms. The van der Waals surface area contributed by atoms with Crippen molar-refractivity contribution >= 4 is 5.78 Å². The predicted molar refractivity (Wildman–Crippen MR) is 85.1 cm³/mol. The minimum absolute atomic E-state index is 0.0622. The molecule has 1 aromatic rings. The van der Waals surface area contributed by atoms with Gasteiger partial charge in [-0.25, -0.2) is 4.39 Å². The molecule has 0 unspecified atom stereocenters. The number of hydrogen-bond acceptors (Lipinski definition) is 4. The predicted octanol–water partition coefficient (Wildman–Crippen LogP) is 2.67. The van der Waals surface area contributed by atoms with Crippen molar-refractivity contribution in [2.45, 2.75) is 43.9 Å². The van der Waals surface area contributed by atoms with E-state index in [1.165, 1.54) is 12.1 Å². The van der Waals surface area contributed by atoms with E-state index < -0.39 is 0 Å². The molecule has 0 radical (unpaired) electrons. The molecule has 1 saturated carbocycles. The van der Waals surface area contributed by atoms with Gasteiger partial charge in [-0.3, -0.25) is 9.69 Å². The lowest BCUT2D eigenvalue weighted by Gasteiger charge is -2.45. The molecule has 1 aliphatic carbocycles. The number of carbonyl (C=O) groups is 1. The van der Waals surface area contributed by atoms with Crippen LogP contribution in [0, 0.1) is 5.82 Å². The Hall–Kier alpha value is -1.30. The number of benzene rings is 1. The number of halogens is 1. The number of rotatable bonds is 5. The van der Waals surface area contributed by atoms with Crippen LogP contribution in [0.2, 0.25) is 0 Å². The van der Waals surface area contributed by atoms with E-state index in [0.29, 0.717) is 18.0 Å². The van der Waals surface area contributed by atoms with E-state index in [1.54, 1.807) is 19.2 Å². The topological polar surface area (TPSA) is 38.8 Å². The van der Waals surface area contributed by atoms with Gasteiger partial charge in [0, 0.05) is 38.2 Å². The zero-order valence-electron chi connectivity index (χ0n) is 13.5. The van der Waals surface area contributed by atoms with Gasteiger partial charge < -0.3 is 9.47 Å². The van der Waals surface area contributed by atoms with Crippen molar-refractivity contribution in [3.05, 3.63) is 35.6 Å². The standard InChI is InChI=1S/C18H24FNO3/c1-22-15-6-7-18-16(12-15)20(10-11-23-18)9-8-17(21)13-2-4-14(19)5-3-13/h2-5,15-16,18H,6-12H2,1H3/t15-,16+,18-/m1/s1. The summed E-state index contributed by atoms with van der Waals surface area (Å²) in [5.74, 6) is -0.252. The fourth-order valence-corrected chi connectivity index (χ4v) is 3.66. The Balaban J connectivity index is 1.57. The Morgan fingerprint density at radius 2 is 2.13 bits per heavy atom. The number of fused-ring (bicyclic) bond motifs is 1. The van der Waals surface area contributed by atoms with Crippen molar-refractivity contribution in [2.24, 2.45) is 0 Å². The maximum Gasteiger partial charge on any atom is 0.164 e. The van der Waals surface area contributed by atoms with Gasteiger partial charge in [0.15, 0.2) is 5.78 Å². The van der Waals surface area contributed by atoms with E-state index in [9.17, 15) is 9.18 Å². The highest BCUT2D eigenvalue weighted by Crippen LogP contribution is 2.30. The van der Waals surface area contributed by atoms with Crippen LogP contribution in [0.15, 0.2) is 24.3 Å². The van der Waals surface area contributed by atoms with Crippen LogP contribution in [0.3, 0.4) is 0 Å². The summed E-state index contributed by atoms with van der Waals surface area (Å²) in [6, 6.07) is 6.12. The molecule has 2 aliphatic rings. The number of methoxy groups -OCH3 is 1. The maximum atomic E-state index is 12.9. The summed E-state index contributed by atoms with van der Waals surface area (Å²) in [6.45, 7) is 2.30. The van der Waals surface area contributed by atoms with Crippen molar-refractivity contribution in [2.75, 3.05) is 26.8 Å². The van der Waals surface area contributed by atoms with E-state index in [4.69, 9.17) is 9.47 Å². The molecule has 1 aliphatic heterocycles. The van der Waals surface area contributed by atoms with Gasteiger partial charge >= 0.3 is 0 Å². The van der Waals surface area contributed by atoms with Gasteiger partial charge in [-0.1, -0.05) is 0 Å². The fourth-order valence-electron chi connectivity index (χ4n) is 3.66. The molecular formula is C18H24FNO3. The molecule has 0 spiro atoms. The summed E-state index contributed by atoms with van der Waals surface area (Å²) < 4.78 is 24.3. The zero-order chi connectivity index (χ0) is 16.2. The van der Waals surface area contributed by atoms with Crippen molar-refractivity contribution in [3.63, 3.8) is 0 Å². The van der Waals surface area contributed by atoms with Crippen molar-refractivity contribution in [3.8, 4) is 0 Å². The van der Waals surface area contributed by atoms with E-state index in [0.717, 1.165) is 39.0 Å². The molecule has 0 bridgehead atoms. The number of carbonyl (C=O) groups excluding carboxylic acids is 1. The highest BCUT2D eigenvalue weighted by molar-refractivity contribution is 5.96. The molecule has 3 rings (SSSR count). The van der Waals surface area contributed by atoms with Crippen LogP contribution in [0.5, 0.6) is 0 Å². The molecule has 5 heteroatoms. The van der Waals surface area contributed by atoms with Crippen molar-refractivity contribution in [1.29, 1.82) is 0 Å². The average molecular weight is 321 g/mol. The monoisotopic (exact) mass is 321 g/mol. The summed E-state index contributed by atoms with van der Waals surface area (Å²) in [5.41, 5.74) is 0.578. The van der Waals surface area contributed by atoms with Crippen LogP contribution < -0.4 is 0 Å². The van der Waals surface area contributed by atoms with Crippen LogP contribution in [-0.4, -0.2) is 55.7 Å². The largest absolute Gasteiger partial charge is 0.381 e. The first-order chi connectivity index (χ1) is 11.2. The molecule has 0 aromatic heterocycles. The third kappa shape index (κ3) is 3.97. The molecule has 0 N–H and O–H groups in total. The molecule has 1 heterocycles. The number of Topliss-reactive ketones (excluding diaryl/α,β-unsaturated/α-hetero) is 1. The van der Waals surface area contributed by atoms with E-state index in [2.05, 4.69) is 4.90 Å². The lowest BCUT2D eigenvalue weighted by molar-refractivity contribution is -0.112. The van der Waals surface area contributed by atoms with Gasteiger partial charge in [-0.15, -0.1) is 0 Å². The molecule has 1 aromatic carbocycles. The van der Waals surface area contributed by atoms with Crippen molar-refractivity contribution < 1.29 is 18.7 Å². The van der Waals surface area contributed by atoms with Gasteiger partial charge in [-0.2, -0.15) is 0 Å². The number of morpholine rings is 1. The van der Waals surface area contributed by atoms with E-state index >= 15 is 0 Å². The van der Waals surface area contributed by atoms with E-state index in [1.807, 2.05) is 0 Å². The first-order valence-corrected chi connectivity index (χ1v) is 8.34. The summed E-state index contributed by atoms with van der Waals surface area (Å²) in [6.07, 6.45) is 4.02. The summed E-state index contributed by atoms with van der Waals surface area (Å²) >= 11 is 0. The normalized spacial score (nSPS) is 28.3. The highest BCUT2D eigenvalue weighted by atomic mass is 19.1. The van der Waals surface area contributed by atoms with Crippen LogP contribution in [0.25, 0.3) is 0 Å². The Kier molecular flexibility index (Phi) is 5.41. The van der Waals surface area contributed by atoms with Gasteiger partial charge in [-0.05, 0) is 43.5 Å². The minimum atomic E-state index is -0.314. The molecule has 1 saturated heterocycles. The summed E-state index contributed by atoms with van der Waals surface area (Å²) in [5, 5.41) is 0. The summed E-state index contributed by atoms with van der Waals surface area (Å²) in [4.78, 5) is 14.6. The first-order valence-electron chi connectivity index (χ1n) is 8.34. The number of ketones is 1. The second kappa shape index (κ2) is 7.51. The smallest absolute Gasteiger partial charge is 0.164 e. The Morgan fingerprint density at radius 1 is 1.35 bits per heavy atom. The summed E-state index contributed by atoms with van der Waals surface area (Å²) in [7, 11) is 1.76. The number of ether oxygens (including phenoxy) is 2. The Bertz CT molecular complexity index is 534.